The number of fused-ring (bicyclic) bond motifs is 1. The van der Waals surface area contributed by atoms with Crippen molar-refractivity contribution in [3.63, 3.8) is 0 Å². The van der Waals surface area contributed by atoms with Crippen LogP contribution in [-0.2, 0) is 11.2 Å². The number of benzene rings is 2. The molecule has 0 spiro atoms. The molecule has 0 bridgehead atoms. The van der Waals surface area contributed by atoms with Crippen LogP contribution in [0.2, 0.25) is 5.02 Å². The molecule has 126 valence electrons. The predicted molar refractivity (Wildman–Crippen MR) is 97.7 cm³/mol. The van der Waals surface area contributed by atoms with E-state index in [0.29, 0.717) is 17.1 Å². The summed E-state index contributed by atoms with van der Waals surface area (Å²) in [5.41, 5.74) is 3.74. The Morgan fingerprint density at radius 2 is 1.84 bits per heavy atom. The highest BCUT2D eigenvalue weighted by Crippen LogP contribution is 2.30. The molecule has 5 nitrogen and oxygen atoms in total. The Labute approximate surface area is 150 Å². The summed E-state index contributed by atoms with van der Waals surface area (Å²) in [6.45, 7) is 0. The highest BCUT2D eigenvalue weighted by Gasteiger charge is 2.40. The molecule has 4 rings (SSSR count). The van der Waals surface area contributed by atoms with Gasteiger partial charge in [-0.3, -0.25) is 4.79 Å². The molecule has 6 heteroatoms. The van der Waals surface area contributed by atoms with Crippen molar-refractivity contribution in [3.8, 4) is 0 Å². The van der Waals surface area contributed by atoms with Gasteiger partial charge in [-0.25, -0.2) is 9.69 Å². The first-order chi connectivity index (χ1) is 12.1. The van der Waals surface area contributed by atoms with Crippen molar-refractivity contribution in [2.24, 2.45) is 0 Å². The SMILES string of the molecule is O=C1NC(CC2=CNc3ccccc3C2)C(=O)N1c1ccccc1Cl. The number of para-hydroxylation sites is 2. The van der Waals surface area contributed by atoms with Crippen LogP contribution >= 0.6 is 11.6 Å². The molecule has 1 unspecified atom stereocenters. The van der Waals surface area contributed by atoms with Gasteiger partial charge in [0.25, 0.3) is 5.91 Å². The Kier molecular flexibility index (Phi) is 3.93. The summed E-state index contributed by atoms with van der Waals surface area (Å²) in [5.74, 6) is -0.280. The average Bonchev–Trinajstić information content (AvgIpc) is 2.89. The van der Waals surface area contributed by atoms with Crippen molar-refractivity contribution in [1.82, 2.24) is 5.32 Å². The molecule has 2 aliphatic rings. The molecule has 2 aliphatic heterocycles. The Morgan fingerprint density at radius 3 is 2.68 bits per heavy atom. The minimum Gasteiger partial charge on any atom is -0.361 e. The zero-order chi connectivity index (χ0) is 17.4. The maximum atomic E-state index is 12.7. The fourth-order valence-corrected chi connectivity index (χ4v) is 3.44. The number of amides is 3. The molecule has 2 aromatic carbocycles. The van der Waals surface area contributed by atoms with Crippen LogP contribution in [0.4, 0.5) is 16.2 Å². The Morgan fingerprint density at radius 1 is 1.08 bits per heavy atom. The lowest BCUT2D eigenvalue weighted by Crippen LogP contribution is -2.32. The van der Waals surface area contributed by atoms with Crippen molar-refractivity contribution in [3.05, 3.63) is 70.9 Å². The maximum absolute atomic E-state index is 12.7. The minimum absolute atomic E-state index is 0.280. The van der Waals surface area contributed by atoms with Crippen molar-refractivity contribution in [1.29, 1.82) is 0 Å². The highest BCUT2D eigenvalue weighted by atomic mass is 35.5. The molecular weight excluding hydrogens is 338 g/mol. The summed E-state index contributed by atoms with van der Waals surface area (Å²) in [6.07, 6.45) is 3.14. The summed E-state index contributed by atoms with van der Waals surface area (Å²) in [4.78, 5) is 26.1. The Hall–Kier alpha value is -2.79. The van der Waals surface area contributed by atoms with Gasteiger partial charge >= 0.3 is 6.03 Å². The van der Waals surface area contributed by atoms with Crippen molar-refractivity contribution in [2.75, 3.05) is 10.2 Å². The molecule has 2 aromatic rings. The Balaban J connectivity index is 1.52. The van der Waals surface area contributed by atoms with Crippen LogP contribution in [0.1, 0.15) is 12.0 Å². The second-order valence-electron chi connectivity index (χ2n) is 6.11. The van der Waals surface area contributed by atoms with Gasteiger partial charge in [0.15, 0.2) is 0 Å². The number of halogens is 1. The number of anilines is 2. The summed E-state index contributed by atoms with van der Waals surface area (Å²) in [6, 6.07) is 13.9. The van der Waals surface area contributed by atoms with E-state index in [9.17, 15) is 9.59 Å². The van der Waals surface area contributed by atoms with Crippen LogP contribution in [0, 0.1) is 0 Å². The molecular formula is C19H16ClN3O2. The molecule has 1 fully saturated rings. The summed E-state index contributed by atoms with van der Waals surface area (Å²) >= 11 is 6.14. The summed E-state index contributed by atoms with van der Waals surface area (Å²) < 4.78 is 0. The van der Waals surface area contributed by atoms with E-state index >= 15 is 0 Å². The monoisotopic (exact) mass is 353 g/mol. The van der Waals surface area contributed by atoms with Gasteiger partial charge in [-0.05, 0) is 42.2 Å². The second-order valence-corrected chi connectivity index (χ2v) is 6.52. The van der Waals surface area contributed by atoms with Crippen LogP contribution in [0.25, 0.3) is 0 Å². The first-order valence-electron chi connectivity index (χ1n) is 8.05. The van der Waals surface area contributed by atoms with Crippen molar-refractivity contribution < 1.29 is 9.59 Å². The summed E-state index contributed by atoms with van der Waals surface area (Å²) in [5, 5.41) is 6.38. The lowest BCUT2D eigenvalue weighted by Gasteiger charge is -2.20. The normalized spacial score (nSPS) is 19.2. The molecule has 0 radical (unpaired) electrons. The van der Waals surface area contributed by atoms with Gasteiger partial charge in [0, 0.05) is 11.9 Å². The van der Waals surface area contributed by atoms with Gasteiger partial charge in [-0.2, -0.15) is 0 Å². The first-order valence-corrected chi connectivity index (χ1v) is 8.42. The van der Waals surface area contributed by atoms with Crippen LogP contribution in [-0.4, -0.2) is 18.0 Å². The number of hydrogen-bond donors (Lipinski definition) is 2. The fourth-order valence-electron chi connectivity index (χ4n) is 3.21. The molecule has 25 heavy (non-hydrogen) atoms. The topological polar surface area (TPSA) is 61.4 Å². The van der Waals surface area contributed by atoms with Gasteiger partial charge in [-0.1, -0.05) is 41.9 Å². The van der Waals surface area contributed by atoms with E-state index in [1.54, 1.807) is 24.3 Å². The van der Waals surface area contributed by atoms with Crippen molar-refractivity contribution >= 4 is 34.9 Å². The van der Waals surface area contributed by atoms with Crippen molar-refractivity contribution in [2.45, 2.75) is 18.9 Å². The molecule has 1 saturated heterocycles. The van der Waals surface area contributed by atoms with Gasteiger partial charge < -0.3 is 10.6 Å². The minimum atomic E-state index is -0.581. The highest BCUT2D eigenvalue weighted by molar-refractivity contribution is 6.35. The van der Waals surface area contributed by atoms with E-state index < -0.39 is 12.1 Å². The third kappa shape index (κ3) is 2.87. The van der Waals surface area contributed by atoms with E-state index in [1.807, 2.05) is 24.4 Å². The number of nitrogens with zero attached hydrogens (tertiary/aromatic N) is 1. The number of hydrogen-bond acceptors (Lipinski definition) is 3. The second kappa shape index (κ2) is 6.26. The number of urea groups is 1. The zero-order valence-electron chi connectivity index (χ0n) is 13.3. The van der Waals surface area contributed by atoms with Gasteiger partial charge in [0.2, 0.25) is 0 Å². The number of nitrogens with one attached hydrogen (secondary N) is 2. The quantitative estimate of drug-likeness (QED) is 0.827. The maximum Gasteiger partial charge on any atom is 0.329 e. The lowest BCUT2D eigenvalue weighted by molar-refractivity contribution is -0.118. The molecule has 0 aliphatic carbocycles. The van der Waals surface area contributed by atoms with E-state index in [0.717, 1.165) is 22.6 Å². The lowest BCUT2D eigenvalue weighted by atomic mass is 9.96. The fraction of sp³-hybridized carbons (Fsp3) is 0.158. The molecule has 1 atom stereocenters. The standard InChI is InChI=1S/C19H16ClN3O2/c20-14-6-2-4-8-17(14)23-18(24)16(22-19(23)25)10-12-9-13-5-1-3-7-15(13)21-11-12/h1-8,11,16,21H,9-10H2,(H,22,25). The molecule has 0 saturated carbocycles. The number of carbonyl (C=O) groups is 2. The van der Waals surface area contributed by atoms with E-state index in [-0.39, 0.29) is 5.91 Å². The third-order valence-corrected chi connectivity index (χ3v) is 4.77. The molecule has 3 amide bonds. The van der Waals surface area contributed by atoms with Crippen LogP contribution in [0.5, 0.6) is 0 Å². The molecule has 2 heterocycles. The average molecular weight is 354 g/mol. The molecule has 0 aromatic heterocycles. The zero-order valence-corrected chi connectivity index (χ0v) is 14.1. The molecule has 2 N–H and O–H groups in total. The van der Waals surface area contributed by atoms with Crippen LogP contribution < -0.4 is 15.5 Å². The van der Waals surface area contributed by atoms with Gasteiger partial charge in [-0.15, -0.1) is 0 Å². The van der Waals surface area contributed by atoms with E-state index in [2.05, 4.69) is 16.7 Å². The van der Waals surface area contributed by atoms with Gasteiger partial charge in [0.1, 0.15) is 6.04 Å². The first kappa shape index (κ1) is 15.7. The summed E-state index contributed by atoms with van der Waals surface area (Å²) in [7, 11) is 0. The van der Waals surface area contributed by atoms with E-state index in [1.165, 1.54) is 5.56 Å². The van der Waals surface area contributed by atoms with Gasteiger partial charge in [0.05, 0.1) is 10.7 Å². The number of imide groups is 1. The van der Waals surface area contributed by atoms with Crippen LogP contribution in [0.15, 0.2) is 60.3 Å². The smallest absolute Gasteiger partial charge is 0.329 e. The van der Waals surface area contributed by atoms with Crippen LogP contribution in [0.3, 0.4) is 0 Å². The predicted octanol–water partition coefficient (Wildman–Crippen LogP) is 3.71. The number of carbonyl (C=O) groups excluding carboxylic acids is 2. The third-order valence-electron chi connectivity index (χ3n) is 4.45. The van der Waals surface area contributed by atoms with E-state index in [4.69, 9.17) is 11.6 Å². The largest absolute Gasteiger partial charge is 0.361 e. The number of rotatable bonds is 3. The Bertz CT molecular complexity index is 894.